The van der Waals surface area contributed by atoms with Crippen LogP contribution < -0.4 is 5.32 Å². The maximum atomic E-state index is 13.3. The Kier molecular flexibility index (Phi) is 7.41. The van der Waals surface area contributed by atoms with Gasteiger partial charge in [0, 0.05) is 36.1 Å². The monoisotopic (exact) mass is 516 g/mol. The molecule has 1 aliphatic rings. The predicted octanol–water partition coefficient (Wildman–Crippen LogP) is 6.24. The van der Waals surface area contributed by atoms with Gasteiger partial charge < -0.3 is 5.32 Å². The number of amides is 1. The van der Waals surface area contributed by atoms with Crippen LogP contribution in [0.1, 0.15) is 52.9 Å². The summed E-state index contributed by atoms with van der Waals surface area (Å²) in [6.45, 7) is 3.21. The van der Waals surface area contributed by atoms with Gasteiger partial charge in [-0.15, -0.1) is 0 Å². The summed E-state index contributed by atoms with van der Waals surface area (Å²) in [6, 6.07) is 20.4. The van der Waals surface area contributed by atoms with Crippen LogP contribution >= 0.6 is 0 Å². The second kappa shape index (κ2) is 11.6. The number of likely N-dealkylation sites (tertiary alicyclic amines) is 1. The standard InChI is InChI=1S/C32H32N6O/c39-32(35-28-16-24(18-34-21-28)14-23-8-4-3-5-9-23)31-29-17-26(10-11-30(29)36-37-31)27-15-25(19-33-20-27)22-38-12-6-1-2-7-13-38/h3-5,8-11,15-21H,1-2,6-7,12-14,22H2,(H,35,39)(H,36,37). The van der Waals surface area contributed by atoms with Crippen molar-refractivity contribution in [3.8, 4) is 11.1 Å². The normalized spacial score (nSPS) is 14.3. The van der Waals surface area contributed by atoms with E-state index >= 15 is 0 Å². The van der Waals surface area contributed by atoms with Crippen molar-refractivity contribution in [3.05, 3.63) is 108 Å². The molecule has 3 aromatic heterocycles. The number of nitrogens with one attached hydrogen (secondary N) is 2. The topological polar surface area (TPSA) is 86.8 Å². The third kappa shape index (κ3) is 6.04. The number of benzene rings is 2. The van der Waals surface area contributed by atoms with Crippen molar-refractivity contribution >= 4 is 22.5 Å². The number of hydrogen-bond donors (Lipinski definition) is 2. The van der Waals surface area contributed by atoms with Crippen molar-refractivity contribution in [1.29, 1.82) is 0 Å². The summed E-state index contributed by atoms with van der Waals surface area (Å²) in [7, 11) is 0. The largest absolute Gasteiger partial charge is 0.319 e. The van der Waals surface area contributed by atoms with Gasteiger partial charge in [0.2, 0.25) is 0 Å². The van der Waals surface area contributed by atoms with Gasteiger partial charge in [0.25, 0.3) is 5.91 Å². The van der Waals surface area contributed by atoms with Gasteiger partial charge in [-0.25, -0.2) is 0 Å². The summed E-state index contributed by atoms with van der Waals surface area (Å²) >= 11 is 0. The van der Waals surface area contributed by atoms with Gasteiger partial charge in [-0.3, -0.25) is 24.8 Å². The molecule has 6 rings (SSSR count). The Morgan fingerprint density at radius 3 is 2.44 bits per heavy atom. The van der Waals surface area contributed by atoms with Gasteiger partial charge in [-0.1, -0.05) is 49.2 Å². The molecule has 0 spiro atoms. The summed E-state index contributed by atoms with van der Waals surface area (Å²) in [6.07, 6.45) is 13.3. The number of nitrogens with zero attached hydrogens (tertiary/aromatic N) is 4. The van der Waals surface area contributed by atoms with Gasteiger partial charge in [0.05, 0.1) is 17.4 Å². The molecule has 1 amide bonds. The minimum absolute atomic E-state index is 0.273. The fourth-order valence-corrected chi connectivity index (χ4v) is 5.33. The van der Waals surface area contributed by atoms with E-state index in [0.717, 1.165) is 53.6 Å². The molecule has 2 aromatic carbocycles. The number of hydrogen-bond acceptors (Lipinski definition) is 5. The lowest BCUT2D eigenvalue weighted by atomic mass is 10.0. The molecule has 5 aromatic rings. The second-order valence-electron chi connectivity index (χ2n) is 10.3. The minimum atomic E-state index is -0.273. The Bertz CT molecular complexity index is 1570. The van der Waals surface area contributed by atoms with Crippen molar-refractivity contribution in [2.45, 2.75) is 38.6 Å². The Hall–Kier alpha value is -4.36. The zero-order valence-electron chi connectivity index (χ0n) is 21.9. The zero-order chi connectivity index (χ0) is 26.4. The number of rotatable bonds is 7. The highest BCUT2D eigenvalue weighted by Gasteiger charge is 2.16. The van der Waals surface area contributed by atoms with Crippen molar-refractivity contribution in [3.63, 3.8) is 0 Å². The van der Waals surface area contributed by atoms with E-state index in [9.17, 15) is 4.79 Å². The van der Waals surface area contributed by atoms with Gasteiger partial charge >= 0.3 is 0 Å². The first-order chi connectivity index (χ1) is 19.2. The first-order valence-corrected chi connectivity index (χ1v) is 13.7. The lowest BCUT2D eigenvalue weighted by molar-refractivity contribution is 0.102. The molecule has 1 aliphatic heterocycles. The number of pyridine rings is 2. The number of carbonyl (C=O) groups is 1. The Morgan fingerprint density at radius 2 is 1.59 bits per heavy atom. The lowest BCUT2D eigenvalue weighted by Crippen LogP contribution is -2.24. The van der Waals surface area contributed by atoms with Crippen LogP contribution in [-0.2, 0) is 13.0 Å². The molecule has 0 saturated carbocycles. The van der Waals surface area contributed by atoms with Gasteiger partial charge in [0.15, 0.2) is 5.69 Å². The van der Waals surface area contributed by atoms with Crippen LogP contribution in [0.25, 0.3) is 22.0 Å². The van der Waals surface area contributed by atoms with Crippen LogP contribution in [0, 0.1) is 0 Å². The molecule has 1 saturated heterocycles. The summed E-state index contributed by atoms with van der Waals surface area (Å²) in [5.41, 5.74) is 7.29. The Labute approximate surface area is 228 Å². The SMILES string of the molecule is O=C(Nc1cncc(Cc2ccccc2)c1)c1n[nH]c2ccc(-c3cncc(CN4CCCCCC4)c3)cc12. The number of anilines is 1. The Balaban J connectivity index is 1.20. The molecule has 7 nitrogen and oxygen atoms in total. The number of aromatic nitrogens is 4. The van der Waals surface area contributed by atoms with Crippen molar-refractivity contribution in [2.75, 3.05) is 18.4 Å². The number of aromatic amines is 1. The van der Waals surface area contributed by atoms with E-state index in [1.54, 1.807) is 6.20 Å². The molecule has 0 atom stereocenters. The highest BCUT2D eigenvalue weighted by atomic mass is 16.1. The Morgan fingerprint density at radius 1 is 0.795 bits per heavy atom. The van der Waals surface area contributed by atoms with E-state index < -0.39 is 0 Å². The predicted molar refractivity (Wildman–Crippen MR) is 155 cm³/mol. The molecule has 196 valence electrons. The molecule has 1 fully saturated rings. The van der Waals surface area contributed by atoms with E-state index in [4.69, 9.17) is 0 Å². The fourth-order valence-electron chi connectivity index (χ4n) is 5.33. The number of fused-ring (bicyclic) bond motifs is 1. The maximum absolute atomic E-state index is 13.3. The lowest BCUT2D eigenvalue weighted by Gasteiger charge is -2.19. The third-order valence-electron chi connectivity index (χ3n) is 7.31. The molecule has 4 heterocycles. The van der Waals surface area contributed by atoms with E-state index in [2.05, 4.69) is 48.6 Å². The van der Waals surface area contributed by atoms with E-state index in [1.807, 2.05) is 61.1 Å². The first-order valence-electron chi connectivity index (χ1n) is 13.7. The van der Waals surface area contributed by atoms with E-state index in [1.165, 1.54) is 36.8 Å². The third-order valence-corrected chi connectivity index (χ3v) is 7.31. The average Bonchev–Trinajstić information content (AvgIpc) is 3.22. The molecule has 0 radical (unpaired) electrons. The molecule has 7 heteroatoms. The van der Waals surface area contributed by atoms with Crippen LogP contribution in [0.5, 0.6) is 0 Å². The number of carbonyl (C=O) groups excluding carboxylic acids is 1. The van der Waals surface area contributed by atoms with Crippen molar-refractivity contribution in [2.24, 2.45) is 0 Å². The van der Waals surface area contributed by atoms with Crippen molar-refractivity contribution in [1.82, 2.24) is 25.1 Å². The van der Waals surface area contributed by atoms with Crippen LogP contribution in [0.2, 0.25) is 0 Å². The molecular weight excluding hydrogens is 484 g/mol. The zero-order valence-corrected chi connectivity index (χ0v) is 21.9. The molecule has 0 unspecified atom stereocenters. The van der Waals surface area contributed by atoms with Crippen LogP contribution in [0.3, 0.4) is 0 Å². The highest BCUT2D eigenvalue weighted by molar-refractivity contribution is 6.11. The van der Waals surface area contributed by atoms with Crippen LogP contribution in [0.15, 0.2) is 85.5 Å². The molecule has 39 heavy (non-hydrogen) atoms. The van der Waals surface area contributed by atoms with Gasteiger partial charge in [-0.05, 0) is 78.9 Å². The second-order valence-corrected chi connectivity index (χ2v) is 10.3. The summed E-state index contributed by atoms with van der Waals surface area (Å²) in [5, 5.41) is 11.1. The minimum Gasteiger partial charge on any atom is -0.319 e. The molecular formula is C32H32N6O. The molecule has 0 bridgehead atoms. The number of H-pyrrole nitrogens is 1. The first kappa shape index (κ1) is 24.9. The quantitative estimate of drug-likeness (QED) is 0.267. The summed E-state index contributed by atoms with van der Waals surface area (Å²) in [5.74, 6) is -0.273. The summed E-state index contributed by atoms with van der Waals surface area (Å²) < 4.78 is 0. The van der Waals surface area contributed by atoms with Crippen LogP contribution in [-0.4, -0.2) is 44.1 Å². The smallest absolute Gasteiger partial charge is 0.276 e. The van der Waals surface area contributed by atoms with E-state index in [0.29, 0.717) is 11.4 Å². The molecule has 0 aliphatic carbocycles. The van der Waals surface area contributed by atoms with Gasteiger partial charge in [0.1, 0.15) is 0 Å². The molecule has 2 N–H and O–H groups in total. The summed E-state index contributed by atoms with van der Waals surface area (Å²) in [4.78, 5) is 24.7. The van der Waals surface area contributed by atoms with Crippen LogP contribution in [0.4, 0.5) is 5.69 Å². The van der Waals surface area contributed by atoms with Crippen molar-refractivity contribution < 1.29 is 4.79 Å². The highest BCUT2D eigenvalue weighted by Crippen LogP contribution is 2.27. The average molecular weight is 517 g/mol. The fraction of sp³-hybridized carbons (Fsp3) is 0.250. The van der Waals surface area contributed by atoms with E-state index in [-0.39, 0.29) is 5.91 Å². The maximum Gasteiger partial charge on any atom is 0.276 e. The van der Waals surface area contributed by atoms with Gasteiger partial charge in [-0.2, -0.15) is 5.10 Å².